The van der Waals surface area contributed by atoms with Gasteiger partial charge in [-0.15, -0.1) is 0 Å². The van der Waals surface area contributed by atoms with Crippen LogP contribution in [0.25, 0.3) is 0 Å². The Morgan fingerprint density at radius 1 is 1.50 bits per heavy atom. The van der Waals surface area contributed by atoms with Crippen molar-refractivity contribution in [3.63, 3.8) is 0 Å². The Kier molecular flexibility index (Phi) is 5.14. The lowest BCUT2D eigenvalue weighted by Gasteiger charge is -2.35. The molecule has 1 saturated heterocycles. The summed E-state index contributed by atoms with van der Waals surface area (Å²) < 4.78 is 5.42. The highest BCUT2D eigenvalue weighted by Gasteiger charge is 2.24. The summed E-state index contributed by atoms with van der Waals surface area (Å²) in [5, 5.41) is 12.7. The van der Waals surface area contributed by atoms with Crippen LogP contribution in [0.2, 0.25) is 0 Å². The van der Waals surface area contributed by atoms with Crippen LogP contribution in [-0.4, -0.2) is 54.0 Å². The number of aliphatic hydroxyl groups excluding tert-OH is 1. The van der Waals surface area contributed by atoms with Crippen LogP contribution in [-0.2, 0) is 4.74 Å². The number of morpholine rings is 1. The molecule has 1 fully saturated rings. The predicted molar refractivity (Wildman–Crippen MR) is 79.3 cm³/mol. The number of aromatic nitrogens is 2. The standard InChI is InChI=1S/C14H24N4O2/c1-4-15-12-7-13(17-14(16-12)10(2)3)18-5-6-20-9-11(18)8-19/h7,10-11,19H,4-6,8-9H2,1-3H3,(H,15,16,17). The van der Waals surface area contributed by atoms with Crippen molar-refractivity contribution in [3.05, 3.63) is 11.9 Å². The number of anilines is 2. The van der Waals surface area contributed by atoms with Crippen LogP contribution in [0.3, 0.4) is 0 Å². The smallest absolute Gasteiger partial charge is 0.135 e. The van der Waals surface area contributed by atoms with Gasteiger partial charge >= 0.3 is 0 Å². The number of rotatable bonds is 5. The van der Waals surface area contributed by atoms with E-state index in [1.165, 1.54) is 0 Å². The minimum atomic E-state index is -0.0341. The minimum absolute atomic E-state index is 0.0341. The quantitative estimate of drug-likeness (QED) is 0.845. The van der Waals surface area contributed by atoms with Gasteiger partial charge in [-0.1, -0.05) is 13.8 Å². The maximum Gasteiger partial charge on any atom is 0.135 e. The van der Waals surface area contributed by atoms with E-state index in [0.29, 0.717) is 13.2 Å². The molecule has 0 radical (unpaired) electrons. The molecule has 0 aromatic carbocycles. The normalized spacial score (nSPS) is 19.4. The van der Waals surface area contributed by atoms with E-state index in [1.807, 2.05) is 13.0 Å². The topological polar surface area (TPSA) is 70.5 Å². The molecule has 6 nitrogen and oxygen atoms in total. The van der Waals surface area contributed by atoms with Gasteiger partial charge in [0.05, 0.1) is 25.9 Å². The van der Waals surface area contributed by atoms with Crippen LogP contribution >= 0.6 is 0 Å². The molecule has 2 heterocycles. The first-order chi connectivity index (χ1) is 9.65. The molecule has 6 heteroatoms. The lowest BCUT2D eigenvalue weighted by molar-refractivity contribution is 0.0722. The third-order valence-corrected chi connectivity index (χ3v) is 3.34. The molecule has 1 aromatic rings. The number of hydrogen-bond acceptors (Lipinski definition) is 6. The zero-order valence-electron chi connectivity index (χ0n) is 12.5. The third kappa shape index (κ3) is 3.37. The van der Waals surface area contributed by atoms with Crippen LogP contribution in [0.15, 0.2) is 6.07 Å². The Hall–Kier alpha value is -1.40. The molecule has 0 saturated carbocycles. The minimum Gasteiger partial charge on any atom is -0.394 e. The molecule has 112 valence electrons. The van der Waals surface area contributed by atoms with Crippen molar-refractivity contribution >= 4 is 11.6 Å². The molecule has 0 spiro atoms. The van der Waals surface area contributed by atoms with Crippen molar-refractivity contribution < 1.29 is 9.84 Å². The maximum atomic E-state index is 9.49. The average Bonchev–Trinajstić information content (AvgIpc) is 2.47. The van der Waals surface area contributed by atoms with Crippen molar-refractivity contribution in [2.75, 3.05) is 43.1 Å². The van der Waals surface area contributed by atoms with E-state index in [4.69, 9.17) is 4.74 Å². The highest BCUT2D eigenvalue weighted by atomic mass is 16.5. The Morgan fingerprint density at radius 2 is 2.30 bits per heavy atom. The van der Waals surface area contributed by atoms with Gasteiger partial charge in [0, 0.05) is 25.1 Å². The lowest BCUT2D eigenvalue weighted by atomic mass is 10.2. The van der Waals surface area contributed by atoms with Crippen molar-refractivity contribution in [1.82, 2.24) is 9.97 Å². The number of ether oxygens (including phenoxy) is 1. The van der Waals surface area contributed by atoms with Gasteiger partial charge < -0.3 is 20.1 Å². The lowest BCUT2D eigenvalue weighted by Crippen LogP contribution is -2.48. The Morgan fingerprint density at radius 3 is 2.95 bits per heavy atom. The van der Waals surface area contributed by atoms with E-state index in [9.17, 15) is 5.11 Å². The second-order valence-electron chi connectivity index (χ2n) is 5.26. The zero-order chi connectivity index (χ0) is 14.5. The summed E-state index contributed by atoms with van der Waals surface area (Å²) in [5.74, 6) is 2.79. The van der Waals surface area contributed by atoms with Crippen LogP contribution in [0.4, 0.5) is 11.6 Å². The summed E-state index contributed by atoms with van der Waals surface area (Å²) in [6.45, 7) is 9.03. The summed E-state index contributed by atoms with van der Waals surface area (Å²) in [4.78, 5) is 11.3. The molecule has 0 bridgehead atoms. The van der Waals surface area contributed by atoms with Crippen LogP contribution in [0.5, 0.6) is 0 Å². The summed E-state index contributed by atoms with van der Waals surface area (Å²) >= 11 is 0. The monoisotopic (exact) mass is 280 g/mol. The molecule has 1 unspecified atom stereocenters. The zero-order valence-corrected chi connectivity index (χ0v) is 12.5. The number of hydrogen-bond donors (Lipinski definition) is 2. The fourth-order valence-electron chi connectivity index (χ4n) is 2.24. The van der Waals surface area contributed by atoms with Gasteiger partial charge in [0.15, 0.2) is 0 Å². The first-order valence-corrected chi connectivity index (χ1v) is 7.23. The third-order valence-electron chi connectivity index (χ3n) is 3.34. The number of nitrogens with one attached hydrogen (secondary N) is 1. The van der Waals surface area contributed by atoms with Crippen LogP contribution < -0.4 is 10.2 Å². The fraction of sp³-hybridized carbons (Fsp3) is 0.714. The highest BCUT2D eigenvalue weighted by molar-refractivity contribution is 5.50. The van der Waals surface area contributed by atoms with Gasteiger partial charge in [0.1, 0.15) is 17.5 Å². The van der Waals surface area contributed by atoms with E-state index in [-0.39, 0.29) is 18.6 Å². The summed E-state index contributed by atoms with van der Waals surface area (Å²) in [7, 11) is 0. The summed E-state index contributed by atoms with van der Waals surface area (Å²) in [6, 6.07) is 1.91. The van der Waals surface area contributed by atoms with E-state index in [2.05, 4.69) is 34.0 Å². The Labute approximate surface area is 120 Å². The number of nitrogens with zero attached hydrogens (tertiary/aromatic N) is 3. The van der Waals surface area contributed by atoms with Gasteiger partial charge in [0.2, 0.25) is 0 Å². The molecule has 1 aromatic heterocycles. The fourth-order valence-corrected chi connectivity index (χ4v) is 2.24. The first-order valence-electron chi connectivity index (χ1n) is 7.23. The molecular weight excluding hydrogens is 256 g/mol. The second-order valence-corrected chi connectivity index (χ2v) is 5.26. The molecule has 2 rings (SSSR count). The van der Waals surface area contributed by atoms with Crippen LogP contribution in [0, 0.1) is 0 Å². The van der Waals surface area contributed by atoms with Gasteiger partial charge in [-0.2, -0.15) is 0 Å². The van der Waals surface area contributed by atoms with Crippen LogP contribution in [0.1, 0.15) is 32.5 Å². The molecule has 1 atom stereocenters. The van der Waals surface area contributed by atoms with Gasteiger partial charge in [-0.25, -0.2) is 9.97 Å². The van der Waals surface area contributed by atoms with Gasteiger partial charge in [-0.3, -0.25) is 0 Å². The van der Waals surface area contributed by atoms with E-state index >= 15 is 0 Å². The van der Waals surface area contributed by atoms with E-state index < -0.39 is 0 Å². The maximum absolute atomic E-state index is 9.49. The highest BCUT2D eigenvalue weighted by Crippen LogP contribution is 2.23. The SMILES string of the molecule is CCNc1cc(N2CCOCC2CO)nc(C(C)C)n1. The molecular formula is C14H24N4O2. The molecule has 2 N–H and O–H groups in total. The Bertz CT molecular complexity index is 439. The molecule has 20 heavy (non-hydrogen) atoms. The molecule has 1 aliphatic heterocycles. The molecule has 0 amide bonds. The average molecular weight is 280 g/mol. The van der Waals surface area contributed by atoms with Crippen molar-refractivity contribution in [2.24, 2.45) is 0 Å². The van der Waals surface area contributed by atoms with Crippen molar-refractivity contribution in [2.45, 2.75) is 32.7 Å². The first kappa shape index (κ1) is 15.0. The van der Waals surface area contributed by atoms with E-state index in [0.717, 1.165) is 30.5 Å². The second kappa shape index (κ2) is 6.85. The molecule has 1 aliphatic rings. The van der Waals surface area contributed by atoms with E-state index in [1.54, 1.807) is 0 Å². The molecule has 0 aliphatic carbocycles. The van der Waals surface area contributed by atoms with Crippen molar-refractivity contribution in [3.8, 4) is 0 Å². The number of aliphatic hydroxyl groups is 1. The summed E-state index contributed by atoms with van der Waals surface area (Å²) in [5.41, 5.74) is 0. The van der Waals surface area contributed by atoms with Gasteiger partial charge in [0.25, 0.3) is 0 Å². The predicted octanol–water partition coefficient (Wildman–Crippen LogP) is 1.23. The van der Waals surface area contributed by atoms with Gasteiger partial charge in [-0.05, 0) is 6.92 Å². The summed E-state index contributed by atoms with van der Waals surface area (Å²) in [6.07, 6.45) is 0. The Balaban J connectivity index is 2.32. The van der Waals surface area contributed by atoms with Crippen molar-refractivity contribution in [1.29, 1.82) is 0 Å². The largest absolute Gasteiger partial charge is 0.394 e.